The molecule has 7 nitrogen and oxygen atoms in total. The average molecular weight is 299 g/mol. The molecule has 1 aromatic carbocycles. The van der Waals surface area contributed by atoms with Crippen LogP contribution in [0, 0.1) is 10.1 Å². The van der Waals surface area contributed by atoms with Crippen molar-refractivity contribution in [2.45, 2.75) is 17.4 Å². The molecule has 1 fully saturated rings. The van der Waals surface area contributed by atoms with Crippen molar-refractivity contribution in [3.8, 4) is 0 Å². The normalized spacial score (nSPS) is 19.3. The number of hydrogen-bond donors (Lipinski definition) is 1. The van der Waals surface area contributed by atoms with Crippen molar-refractivity contribution in [3.05, 3.63) is 28.3 Å². The molecular formula is C12H17N3O4S. The van der Waals surface area contributed by atoms with E-state index in [4.69, 9.17) is 0 Å². The average Bonchev–Trinajstić information content (AvgIpc) is 2.85. The van der Waals surface area contributed by atoms with Crippen LogP contribution < -0.4 is 10.2 Å². The number of hydrogen-bond acceptors (Lipinski definition) is 6. The van der Waals surface area contributed by atoms with E-state index in [0.717, 1.165) is 12.7 Å². The highest BCUT2D eigenvalue weighted by atomic mass is 32.2. The van der Waals surface area contributed by atoms with Crippen molar-refractivity contribution in [2.24, 2.45) is 0 Å². The minimum Gasteiger partial charge on any atom is -0.364 e. The van der Waals surface area contributed by atoms with Crippen LogP contribution in [0.15, 0.2) is 23.1 Å². The van der Waals surface area contributed by atoms with E-state index in [0.29, 0.717) is 18.8 Å². The minimum atomic E-state index is -3.63. The summed E-state index contributed by atoms with van der Waals surface area (Å²) in [6, 6.07) is 4.69. The summed E-state index contributed by atoms with van der Waals surface area (Å²) in [7, 11) is -1.79. The topological polar surface area (TPSA) is 92.6 Å². The Bertz CT molecular complexity index is 630. The monoisotopic (exact) mass is 299 g/mol. The third kappa shape index (κ3) is 2.75. The molecule has 1 aliphatic heterocycles. The Morgan fingerprint density at radius 1 is 1.45 bits per heavy atom. The predicted octanol–water partition coefficient (Wildman–Crippen LogP) is 0.796. The van der Waals surface area contributed by atoms with Crippen LogP contribution in [0.4, 0.5) is 11.4 Å². The van der Waals surface area contributed by atoms with E-state index >= 15 is 0 Å². The maximum absolute atomic E-state index is 11.7. The number of nitrogens with zero attached hydrogens (tertiary/aromatic N) is 2. The predicted molar refractivity (Wildman–Crippen MR) is 75.9 cm³/mol. The number of likely N-dealkylation sites (N-methyl/N-ethyl adjacent to an activating group) is 1. The molecule has 110 valence electrons. The first-order valence-corrected chi connectivity index (χ1v) is 8.13. The summed E-state index contributed by atoms with van der Waals surface area (Å²) < 4.78 is 23.4. The Labute approximate surface area is 117 Å². The highest BCUT2D eigenvalue weighted by Gasteiger charge is 2.31. The van der Waals surface area contributed by atoms with Crippen molar-refractivity contribution < 1.29 is 13.3 Å². The fourth-order valence-corrected chi connectivity index (χ4v) is 3.32. The van der Waals surface area contributed by atoms with Gasteiger partial charge < -0.3 is 10.2 Å². The van der Waals surface area contributed by atoms with E-state index in [-0.39, 0.29) is 16.6 Å². The van der Waals surface area contributed by atoms with Crippen LogP contribution in [0.2, 0.25) is 0 Å². The number of sulfone groups is 1. The lowest BCUT2D eigenvalue weighted by atomic mass is 10.2. The summed E-state index contributed by atoms with van der Waals surface area (Å²) >= 11 is 0. The van der Waals surface area contributed by atoms with Crippen LogP contribution >= 0.6 is 0 Å². The first-order chi connectivity index (χ1) is 9.34. The van der Waals surface area contributed by atoms with E-state index in [1.165, 1.54) is 6.07 Å². The minimum absolute atomic E-state index is 0.229. The van der Waals surface area contributed by atoms with Gasteiger partial charge in [0.25, 0.3) is 0 Å². The van der Waals surface area contributed by atoms with Gasteiger partial charge in [-0.25, -0.2) is 8.42 Å². The summed E-state index contributed by atoms with van der Waals surface area (Å²) in [5.41, 5.74) is 0.0439. The summed E-state index contributed by atoms with van der Waals surface area (Å²) in [6.45, 7) is 1.30. The quantitative estimate of drug-likeness (QED) is 0.653. The molecule has 0 aromatic heterocycles. The Balaban J connectivity index is 2.52. The number of nitrogens with one attached hydrogen (secondary N) is 1. The van der Waals surface area contributed by atoms with Crippen molar-refractivity contribution in [1.29, 1.82) is 0 Å². The van der Waals surface area contributed by atoms with Crippen molar-refractivity contribution in [1.82, 2.24) is 5.32 Å². The smallest absolute Gasteiger partial charge is 0.311 e. The molecule has 0 aliphatic carbocycles. The Kier molecular flexibility index (Phi) is 3.96. The molecule has 8 heteroatoms. The molecule has 0 saturated carbocycles. The van der Waals surface area contributed by atoms with Crippen LogP contribution in [0.25, 0.3) is 0 Å². The number of nitro groups is 1. The van der Waals surface area contributed by atoms with Gasteiger partial charge in [-0.3, -0.25) is 10.1 Å². The molecule has 1 saturated heterocycles. The molecule has 1 N–H and O–H groups in total. The molecule has 1 heterocycles. The molecule has 1 aliphatic rings. The summed E-state index contributed by atoms with van der Waals surface area (Å²) in [5.74, 6) is 0. The molecule has 1 unspecified atom stereocenters. The lowest BCUT2D eigenvalue weighted by Crippen LogP contribution is -2.29. The molecular weight excluding hydrogens is 282 g/mol. The van der Waals surface area contributed by atoms with Crippen molar-refractivity contribution >= 4 is 21.2 Å². The van der Waals surface area contributed by atoms with E-state index in [9.17, 15) is 18.5 Å². The largest absolute Gasteiger partial charge is 0.364 e. The second-order valence-electron chi connectivity index (χ2n) is 4.87. The zero-order valence-corrected chi connectivity index (χ0v) is 12.2. The molecule has 0 spiro atoms. The third-order valence-electron chi connectivity index (χ3n) is 3.50. The van der Waals surface area contributed by atoms with Crippen LogP contribution in [-0.4, -0.2) is 45.8 Å². The van der Waals surface area contributed by atoms with Gasteiger partial charge in [0, 0.05) is 25.4 Å². The van der Waals surface area contributed by atoms with Gasteiger partial charge in [0.2, 0.25) is 0 Å². The van der Waals surface area contributed by atoms with E-state index in [2.05, 4.69) is 5.32 Å². The van der Waals surface area contributed by atoms with Gasteiger partial charge in [0.05, 0.1) is 4.92 Å². The van der Waals surface area contributed by atoms with Gasteiger partial charge in [-0.2, -0.15) is 0 Å². The van der Waals surface area contributed by atoms with Gasteiger partial charge in [0.15, 0.2) is 9.84 Å². The van der Waals surface area contributed by atoms with Crippen LogP contribution in [0.1, 0.15) is 6.42 Å². The second kappa shape index (κ2) is 5.37. The van der Waals surface area contributed by atoms with E-state index < -0.39 is 14.8 Å². The molecule has 1 atom stereocenters. The molecule has 2 rings (SSSR count). The fraction of sp³-hybridized carbons (Fsp3) is 0.500. The Morgan fingerprint density at radius 2 is 2.15 bits per heavy atom. The van der Waals surface area contributed by atoms with Gasteiger partial charge >= 0.3 is 5.69 Å². The standard InChI is InChI=1S/C12H17N3O4S/c1-13-9-6-7-14(8-9)10-4-3-5-11(20(2,18)19)12(10)15(16)17/h3-5,9,13H,6-8H2,1-2H3. The van der Waals surface area contributed by atoms with Gasteiger partial charge in [-0.05, 0) is 25.6 Å². The third-order valence-corrected chi connectivity index (χ3v) is 4.63. The lowest BCUT2D eigenvalue weighted by molar-refractivity contribution is -0.387. The van der Waals surface area contributed by atoms with Gasteiger partial charge in [-0.15, -0.1) is 0 Å². The van der Waals surface area contributed by atoms with Crippen LogP contribution in [0.3, 0.4) is 0 Å². The molecule has 20 heavy (non-hydrogen) atoms. The van der Waals surface area contributed by atoms with Crippen LogP contribution in [0.5, 0.6) is 0 Å². The SMILES string of the molecule is CNC1CCN(c2cccc(S(C)(=O)=O)c2[N+](=O)[O-])C1. The van der Waals surface area contributed by atoms with E-state index in [1.54, 1.807) is 12.1 Å². The first-order valence-electron chi connectivity index (χ1n) is 6.24. The van der Waals surface area contributed by atoms with Gasteiger partial charge in [-0.1, -0.05) is 6.07 Å². The maximum atomic E-state index is 11.7. The Hall–Kier alpha value is -1.67. The molecule has 0 radical (unpaired) electrons. The maximum Gasteiger partial charge on any atom is 0.311 e. The van der Waals surface area contributed by atoms with Gasteiger partial charge in [0.1, 0.15) is 10.6 Å². The lowest BCUT2D eigenvalue weighted by Gasteiger charge is -2.19. The highest BCUT2D eigenvalue weighted by molar-refractivity contribution is 7.90. The zero-order chi connectivity index (χ0) is 14.9. The number of nitro benzene ring substituents is 1. The molecule has 1 aromatic rings. The van der Waals surface area contributed by atoms with E-state index in [1.807, 2.05) is 11.9 Å². The fourth-order valence-electron chi connectivity index (χ4n) is 2.46. The van der Waals surface area contributed by atoms with Crippen LogP contribution in [-0.2, 0) is 9.84 Å². The number of para-hydroxylation sites is 1. The number of rotatable bonds is 4. The summed E-state index contributed by atoms with van der Waals surface area (Å²) in [4.78, 5) is 12.3. The Morgan fingerprint density at radius 3 is 2.65 bits per heavy atom. The summed E-state index contributed by atoms with van der Waals surface area (Å²) in [6.07, 6.45) is 1.86. The number of benzene rings is 1. The van der Waals surface area contributed by atoms with Crippen molar-refractivity contribution in [3.63, 3.8) is 0 Å². The molecule has 0 bridgehead atoms. The molecule has 0 amide bonds. The zero-order valence-electron chi connectivity index (χ0n) is 11.4. The first kappa shape index (κ1) is 14.7. The number of anilines is 1. The van der Waals surface area contributed by atoms with Crippen molar-refractivity contribution in [2.75, 3.05) is 31.3 Å². The highest BCUT2D eigenvalue weighted by Crippen LogP contribution is 2.36. The summed E-state index contributed by atoms with van der Waals surface area (Å²) in [5, 5.41) is 14.4. The second-order valence-corrected chi connectivity index (χ2v) is 6.86.